The third kappa shape index (κ3) is 4.73. The Morgan fingerprint density at radius 3 is 2.73 bits per heavy atom. The monoisotopic (exact) mass is 370 g/mol. The zero-order valence-corrected chi connectivity index (χ0v) is 15.2. The van der Waals surface area contributed by atoms with Gasteiger partial charge in [0.05, 0.1) is 6.42 Å². The van der Waals surface area contributed by atoms with E-state index in [-0.39, 0.29) is 24.7 Å². The molecule has 0 bridgehead atoms. The minimum Gasteiger partial charge on any atom is -0.481 e. The van der Waals surface area contributed by atoms with Crippen molar-refractivity contribution < 1.29 is 14.7 Å². The number of carbonyl (C=O) groups excluding carboxylic acids is 1. The van der Waals surface area contributed by atoms with Crippen LogP contribution in [0.1, 0.15) is 30.1 Å². The molecule has 0 fully saturated rings. The van der Waals surface area contributed by atoms with Gasteiger partial charge in [0.1, 0.15) is 0 Å². The Hall–Kier alpha value is -2.60. The quantitative estimate of drug-likeness (QED) is 0.562. The zero-order chi connectivity index (χ0) is 18.4. The maximum absolute atomic E-state index is 12.2. The minimum atomic E-state index is -0.879. The van der Waals surface area contributed by atoms with Gasteiger partial charge in [-0.05, 0) is 35.4 Å². The number of nitrogens with zero attached hydrogens (tertiary/aromatic N) is 1. The van der Waals surface area contributed by atoms with Gasteiger partial charge in [0.2, 0.25) is 5.91 Å². The van der Waals surface area contributed by atoms with Gasteiger partial charge in [-0.1, -0.05) is 24.3 Å². The van der Waals surface area contributed by atoms with Crippen LogP contribution >= 0.6 is 11.3 Å². The second-order valence-electron chi connectivity index (χ2n) is 6.29. The van der Waals surface area contributed by atoms with E-state index in [1.54, 1.807) is 0 Å². The Labute approximate surface area is 156 Å². The molecule has 5 nitrogen and oxygen atoms in total. The summed E-state index contributed by atoms with van der Waals surface area (Å²) in [5.74, 6) is -1.24. The van der Waals surface area contributed by atoms with Crippen LogP contribution < -0.4 is 5.32 Å². The van der Waals surface area contributed by atoms with E-state index in [1.807, 2.05) is 29.6 Å². The fraction of sp³-hybridized carbons (Fsp3) is 0.300. The van der Waals surface area contributed by atoms with Crippen molar-refractivity contribution in [3.63, 3.8) is 0 Å². The van der Waals surface area contributed by atoms with Gasteiger partial charge in [-0.3, -0.25) is 9.59 Å². The number of para-hydroxylation sites is 1. The summed E-state index contributed by atoms with van der Waals surface area (Å²) in [5.41, 5.74) is 1.19. The van der Waals surface area contributed by atoms with Crippen LogP contribution in [0.25, 0.3) is 10.9 Å². The van der Waals surface area contributed by atoms with Crippen molar-refractivity contribution in [1.29, 1.82) is 0 Å². The molecule has 2 aromatic heterocycles. The summed E-state index contributed by atoms with van der Waals surface area (Å²) in [6.07, 6.45) is 3.07. The standard InChI is InChI=1S/C20H22N2O3S/c23-19(13-16(14-20(24)25)18-7-3-12-26-18)21-9-4-10-22-11-8-15-5-1-2-6-17(15)22/h1-3,5-8,11-12,16H,4,9-10,13-14H2,(H,21,23)(H,24,25). The SMILES string of the molecule is O=C(O)CC(CC(=O)NCCCn1ccc2ccccc21)c1cccs1. The van der Waals surface area contributed by atoms with E-state index in [0.717, 1.165) is 17.8 Å². The number of carboxylic acid groups (broad SMARTS) is 1. The fourth-order valence-corrected chi connectivity index (χ4v) is 3.95. The fourth-order valence-electron chi connectivity index (χ4n) is 3.12. The number of amides is 1. The van der Waals surface area contributed by atoms with E-state index < -0.39 is 5.97 Å². The number of aromatic nitrogens is 1. The summed E-state index contributed by atoms with van der Waals surface area (Å²) in [4.78, 5) is 24.2. The largest absolute Gasteiger partial charge is 0.481 e. The smallest absolute Gasteiger partial charge is 0.304 e. The molecular formula is C20H22N2O3S. The number of benzene rings is 1. The summed E-state index contributed by atoms with van der Waals surface area (Å²) in [6.45, 7) is 1.41. The molecule has 1 amide bonds. The summed E-state index contributed by atoms with van der Waals surface area (Å²) < 4.78 is 2.18. The Kier molecular flexibility index (Phi) is 6.07. The molecule has 1 atom stereocenters. The number of hydrogen-bond donors (Lipinski definition) is 2. The van der Waals surface area contributed by atoms with E-state index in [4.69, 9.17) is 5.11 Å². The van der Waals surface area contributed by atoms with Gasteiger partial charge in [-0.25, -0.2) is 0 Å². The Bertz CT molecular complexity index is 870. The molecule has 0 aliphatic rings. The first-order valence-electron chi connectivity index (χ1n) is 8.69. The molecule has 3 aromatic rings. The topological polar surface area (TPSA) is 71.3 Å². The molecule has 0 radical (unpaired) electrons. The van der Waals surface area contributed by atoms with Gasteiger partial charge >= 0.3 is 5.97 Å². The first-order chi connectivity index (χ1) is 12.6. The predicted octanol–water partition coefficient (Wildman–Crippen LogP) is 3.86. The average molecular weight is 370 g/mol. The van der Waals surface area contributed by atoms with Crippen LogP contribution in [-0.2, 0) is 16.1 Å². The minimum absolute atomic E-state index is 0.0245. The lowest BCUT2D eigenvalue weighted by molar-refractivity contribution is -0.137. The van der Waals surface area contributed by atoms with Gasteiger partial charge in [-0.15, -0.1) is 11.3 Å². The van der Waals surface area contributed by atoms with Crippen molar-refractivity contribution in [3.05, 3.63) is 58.9 Å². The molecular weight excluding hydrogens is 348 g/mol. The number of nitrogens with one attached hydrogen (secondary N) is 1. The lowest BCUT2D eigenvalue weighted by Crippen LogP contribution is -2.27. The van der Waals surface area contributed by atoms with Crippen LogP contribution in [0.3, 0.4) is 0 Å². The maximum Gasteiger partial charge on any atom is 0.304 e. The normalized spacial score (nSPS) is 12.2. The average Bonchev–Trinajstić information content (AvgIpc) is 3.28. The van der Waals surface area contributed by atoms with Crippen molar-refractivity contribution in [2.45, 2.75) is 31.7 Å². The van der Waals surface area contributed by atoms with Gasteiger partial charge in [0, 0.05) is 42.0 Å². The van der Waals surface area contributed by atoms with Crippen molar-refractivity contribution in [1.82, 2.24) is 9.88 Å². The van der Waals surface area contributed by atoms with E-state index in [0.29, 0.717) is 6.54 Å². The van der Waals surface area contributed by atoms with Gasteiger partial charge in [0.25, 0.3) is 0 Å². The molecule has 2 N–H and O–H groups in total. The third-order valence-electron chi connectivity index (χ3n) is 4.38. The second kappa shape index (κ2) is 8.67. The molecule has 2 heterocycles. The lowest BCUT2D eigenvalue weighted by atomic mass is 9.99. The van der Waals surface area contributed by atoms with Crippen molar-refractivity contribution in [3.8, 4) is 0 Å². The third-order valence-corrected chi connectivity index (χ3v) is 5.41. The highest BCUT2D eigenvalue weighted by atomic mass is 32.1. The second-order valence-corrected chi connectivity index (χ2v) is 7.27. The molecule has 1 unspecified atom stereocenters. The first-order valence-corrected chi connectivity index (χ1v) is 9.57. The highest BCUT2D eigenvalue weighted by molar-refractivity contribution is 7.10. The van der Waals surface area contributed by atoms with Crippen LogP contribution in [0.2, 0.25) is 0 Å². The number of carboxylic acids is 1. The number of rotatable bonds is 9. The van der Waals surface area contributed by atoms with E-state index in [1.165, 1.54) is 22.2 Å². The Balaban J connectivity index is 1.46. The van der Waals surface area contributed by atoms with Crippen molar-refractivity contribution in [2.24, 2.45) is 0 Å². The highest BCUT2D eigenvalue weighted by Gasteiger charge is 2.20. The predicted molar refractivity (Wildman–Crippen MR) is 103 cm³/mol. The van der Waals surface area contributed by atoms with Crippen LogP contribution in [0, 0.1) is 0 Å². The molecule has 0 spiro atoms. The number of aryl methyl sites for hydroxylation is 1. The number of carbonyl (C=O) groups is 2. The van der Waals surface area contributed by atoms with Crippen LogP contribution in [0.15, 0.2) is 54.0 Å². The van der Waals surface area contributed by atoms with Crippen molar-refractivity contribution in [2.75, 3.05) is 6.54 Å². The summed E-state index contributed by atoms with van der Waals surface area (Å²) in [6, 6.07) is 14.1. The number of aliphatic carboxylic acids is 1. The van der Waals surface area contributed by atoms with Crippen molar-refractivity contribution >= 4 is 34.1 Å². The number of fused-ring (bicyclic) bond motifs is 1. The van der Waals surface area contributed by atoms with Gasteiger partial charge in [0.15, 0.2) is 0 Å². The van der Waals surface area contributed by atoms with Crippen LogP contribution in [0.4, 0.5) is 0 Å². The molecule has 136 valence electrons. The summed E-state index contributed by atoms with van der Waals surface area (Å²) >= 11 is 1.50. The molecule has 0 aliphatic carbocycles. The molecule has 1 aromatic carbocycles. The summed E-state index contributed by atoms with van der Waals surface area (Å²) in [5, 5.41) is 15.1. The van der Waals surface area contributed by atoms with Gasteiger partial charge in [-0.2, -0.15) is 0 Å². The number of hydrogen-bond acceptors (Lipinski definition) is 3. The van der Waals surface area contributed by atoms with Crippen LogP contribution in [-0.4, -0.2) is 28.1 Å². The molecule has 26 heavy (non-hydrogen) atoms. The van der Waals surface area contributed by atoms with E-state index in [9.17, 15) is 9.59 Å². The number of thiophene rings is 1. The van der Waals surface area contributed by atoms with Gasteiger partial charge < -0.3 is 15.0 Å². The molecule has 0 saturated carbocycles. The van der Waals surface area contributed by atoms with E-state index in [2.05, 4.69) is 34.3 Å². The van der Waals surface area contributed by atoms with E-state index >= 15 is 0 Å². The Morgan fingerprint density at radius 2 is 1.96 bits per heavy atom. The zero-order valence-electron chi connectivity index (χ0n) is 14.4. The summed E-state index contributed by atoms with van der Waals surface area (Å²) in [7, 11) is 0. The van der Waals surface area contributed by atoms with Crippen LogP contribution in [0.5, 0.6) is 0 Å². The molecule has 0 saturated heterocycles. The molecule has 6 heteroatoms. The molecule has 3 rings (SSSR count). The highest BCUT2D eigenvalue weighted by Crippen LogP contribution is 2.27. The lowest BCUT2D eigenvalue weighted by Gasteiger charge is -2.13. The first kappa shape index (κ1) is 18.2. The Morgan fingerprint density at radius 1 is 1.12 bits per heavy atom. The maximum atomic E-state index is 12.2. The molecule has 0 aliphatic heterocycles.